The molecule has 0 spiro atoms. The predicted molar refractivity (Wildman–Crippen MR) is 79.8 cm³/mol. The van der Waals surface area contributed by atoms with E-state index in [0.29, 0.717) is 3.57 Å². The Morgan fingerprint density at radius 3 is 2.75 bits per heavy atom. The molecule has 1 N–H and O–H groups in total. The van der Waals surface area contributed by atoms with Crippen LogP contribution >= 0.6 is 34.4 Å². The number of thioether (sulfide) groups is 1. The van der Waals surface area contributed by atoms with E-state index in [1.165, 1.54) is 6.07 Å². The summed E-state index contributed by atoms with van der Waals surface area (Å²) < 4.78 is 39.0. The number of carbonyl (C=O) groups excluding carboxylic acids is 1. The highest BCUT2D eigenvalue weighted by molar-refractivity contribution is 14.1. The average molecular weight is 413 g/mol. The number of halogens is 4. The van der Waals surface area contributed by atoms with Crippen molar-refractivity contribution in [2.75, 3.05) is 5.75 Å². The maximum absolute atomic E-state index is 12.8. The minimum Gasteiger partial charge on any atom is -0.303 e. The Labute approximate surface area is 130 Å². The third-order valence-electron chi connectivity index (χ3n) is 2.28. The van der Waals surface area contributed by atoms with Gasteiger partial charge in [0.1, 0.15) is 0 Å². The van der Waals surface area contributed by atoms with Gasteiger partial charge in [-0.2, -0.15) is 18.3 Å². The van der Waals surface area contributed by atoms with E-state index in [4.69, 9.17) is 0 Å². The van der Waals surface area contributed by atoms with Crippen molar-refractivity contribution in [2.45, 2.75) is 6.18 Å². The summed E-state index contributed by atoms with van der Waals surface area (Å²) in [6.45, 7) is 0. The molecule has 9 heteroatoms. The van der Waals surface area contributed by atoms with Crippen LogP contribution in [0.3, 0.4) is 0 Å². The Morgan fingerprint density at radius 2 is 2.15 bits per heavy atom. The molecule has 0 bridgehead atoms. The van der Waals surface area contributed by atoms with Crippen LogP contribution in [0.2, 0.25) is 0 Å². The molecule has 1 fully saturated rings. The lowest BCUT2D eigenvalue weighted by Crippen LogP contribution is -2.19. The number of carbonyl (C=O) groups is 1. The van der Waals surface area contributed by atoms with Crippen LogP contribution in [0.15, 0.2) is 28.4 Å². The highest BCUT2D eigenvalue weighted by atomic mass is 127. The van der Waals surface area contributed by atoms with Crippen LogP contribution in [0.4, 0.5) is 13.2 Å². The standard InChI is InChI=1S/C11H7F3IN3OS/c12-11(13,14)7-2-1-3-8(15)6(7)4-16-18-10-17-9(19)5-20-10/h1-4H,5H2,(H,17,18,19). The van der Waals surface area contributed by atoms with Gasteiger partial charge >= 0.3 is 6.18 Å². The minimum absolute atomic E-state index is 0.0423. The van der Waals surface area contributed by atoms with Crippen molar-refractivity contribution in [3.8, 4) is 0 Å². The number of hydrogen-bond acceptors (Lipinski definition) is 4. The fourth-order valence-corrected chi connectivity index (χ4v) is 2.70. The van der Waals surface area contributed by atoms with Gasteiger partial charge in [0.15, 0.2) is 5.17 Å². The third kappa shape index (κ3) is 3.72. The molecule has 0 unspecified atom stereocenters. The van der Waals surface area contributed by atoms with Crippen LogP contribution in [0, 0.1) is 3.57 Å². The van der Waals surface area contributed by atoms with Crippen LogP contribution < -0.4 is 5.32 Å². The average Bonchev–Trinajstić information content (AvgIpc) is 2.76. The second kappa shape index (κ2) is 6.12. The molecule has 20 heavy (non-hydrogen) atoms. The molecule has 0 radical (unpaired) electrons. The maximum atomic E-state index is 12.8. The number of hydrogen-bond donors (Lipinski definition) is 1. The molecule has 0 atom stereocenters. The Balaban J connectivity index is 2.27. The van der Waals surface area contributed by atoms with Gasteiger partial charge in [0.05, 0.1) is 17.5 Å². The fraction of sp³-hybridized carbons (Fsp3) is 0.182. The largest absolute Gasteiger partial charge is 0.417 e. The normalized spacial score (nSPS) is 18.0. The van der Waals surface area contributed by atoms with E-state index < -0.39 is 11.7 Å². The van der Waals surface area contributed by atoms with Gasteiger partial charge in [0.25, 0.3) is 0 Å². The van der Waals surface area contributed by atoms with Crippen molar-refractivity contribution in [3.05, 3.63) is 32.9 Å². The monoisotopic (exact) mass is 413 g/mol. The van der Waals surface area contributed by atoms with E-state index >= 15 is 0 Å². The summed E-state index contributed by atoms with van der Waals surface area (Å²) in [4.78, 5) is 10.9. The van der Waals surface area contributed by atoms with E-state index in [1.807, 2.05) is 0 Å². The van der Waals surface area contributed by atoms with E-state index in [9.17, 15) is 18.0 Å². The highest BCUT2D eigenvalue weighted by Crippen LogP contribution is 2.33. The summed E-state index contributed by atoms with van der Waals surface area (Å²) in [7, 11) is 0. The van der Waals surface area contributed by atoms with Crippen molar-refractivity contribution in [3.63, 3.8) is 0 Å². The number of alkyl halides is 3. The van der Waals surface area contributed by atoms with Crippen molar-refractivity contribution in [2.24, 2.45) is 10.2 Å². The first-order chi connectivity index (χ1) is 9.38. The van der Waals surface area contributed by atoms with Crippen molar-refractivity contribution in [1.29, 1.82) is 0 Å². The molecule has 1 aliphatic rings. The van der Waals surface area contributed by atoms with E-state index in [0.717, 1.165) is 24.0 Å². The van der Waals surface area contributed by atoms with Crippen LogP contribution in [-0.4, -0.2) is 23.0 Å². The molecule has 0 aliphatic carbocycles. The SMILES string of the molecule is O=C1CSC(=NN=Cc2c(I)cccc2C(F)(F)F)N1. The zero-order valence-corrected chi connectivity index (χ0v) is 12.7. The van der Waals surface area contributed by atoms with Crippen LogP contribution in [0.1, 0.15) is 11.1 Å². The number of nitrogens with one attached hydrogen (secondary N) is 1. The van der Waals surface area contributed by atoms with Gasteiger partial charge in [-0.25, -0.2) is 0 Å². The van der Waals surface area contributed by atoms with Gasteiger partial charge < -0.3 is 5.32 Å². The zero-order valence-electron chi connectivity index (χ0n) is 9.74. The molecule has 2 rings (SSSR count). The summed E-state index contributed by atoms with van der Waals surface area (Å²) in [5.41, 5.74) is -0.810. The molecule has 1 amide bonds. The van der Waals surface area contributed by atoms with Gasteiger partial charge in [-0.05, 0) is 34.7 Å². The van der Waals surface area contributed by atoms with Crippen molar-refractivity contribution in [1.82, 2.24) is 5.32 Å². The topological polar surface area (TPSA) is 53.8 Å². The number of nitrogens with zero attached hydrogens (tertiary/aromatic N) is 2. The van der Waals surface area contributed by atoms with Gasteiger partial charge in [0.2, 0.25) is 5.91 Å². The minimum atomic E-state index is -4.45. The first-order valence-corrected chi connectivity index (χ1v) is 7.34. The summed E-state index contributed by atoms with van der Waals surface area (Å²) in [6, 6.07) is 3.88. The second-order valence-corrected chi connectivity index (χ2v) is 5.81. The molecule has 106 valence electrons. The lowest BCUT2D eigenvalue weighted by molar-refractivity contribution is -0.137. The van der Waals surface area contributed by atoms with Gasteiger partial charge in [-0.15, -0.1) is 5.10 Å². The summed E-state index contributed by atoms with van der Waals surface area (Å²) in [5, 5.41) is 10.0. The zero-order chi connectivity index (χ0) is 14.8. The molecule has 1 heterocycles. The lowest BCUT2D eigenvalue weighted by Gasteiger charge is -2.10. The Bertz CT molecular complexity index is 601. The van der Waals surface area contributed by atoms with E-state index in [-0.39, 0.29) is 22.4 Å². The molecule has 1 saturated heterocycles. The van der Waals surface area contributed by atoms with Crippen LogP contribution in [-0.2, 0) is 11.0 Å². The maximum Gasteiger partial charge on any atom is 0.417 e. The van der Waals surface area contributed by atoms with Crippen molar-refractivity contribution < 1.29 is 18.0 Å². The molecule has 0 saturated carbocycles. The Hall–Kier alpha value is -1.10. The summed E-state index contributed by atoms with van der Waals surface area (Å²) >= 11 is 2.95. The Morgan fingerprint density at radius 1 is 1.40 bits per heavy atom. The predicted octanol–water partition coefficient (Wildman–Crippen LogP) is 2.86. The quantitative estimate of drug-likeness (QED) is 0.461. The molecule has 1 aromatic carbocycles. The first-order valence-electron chi connectivity index (χ1n) is 5.27. The lowest BCUT2D eigenvalue weighted by atomic mass is 10.1. The third-order valence-corrected chi connectivity index (χ3v) is 4.08. The number of amides is 1. The molecule has 1 aromatic rings. The highest BCUT2D eigenvalue weighted by Gasteiger charge is 2.33. The summed E-state index contributed by atoms with van der Waals surface area (Å²) in [6.07, 6.45) is -3.41. The molecule has 0 aromatic heterocycles. The number of amidine groups is 1. The first kappa shape index (κ1) is 15.3. The number of benzene rings is 1. The fourth-order valence-electron chi connectivity index (χ4n) is 1.43. The molecular formula is C11H7F3IN3OS. The van der Waals surface area contributed by atoms with Crippen molar-refractivity contribution >= 4 is 51.6 Å². The number of rotatable bonds is 2. The summed E-state index contributed by atoms with van der Waals surface area (Å²) in [5.74, 6) is 0.0413. The van der Waals surface area contributed by atoms with Gasteiger partial charge in [-0.1, -0.05) is 17.8 Å². The molecule has 4 nitrogen and oxygen atoms in total. The van der Waals surface area contributed by atoms with E-state index in [1.54, 1.807) is 28.7 Å². The second-order valence-electron chi connectivity index (χ2n) is 3.69. The molecule has 1 aliphatic heterocycles. The Kier molecular flexibility index (Phi) is 4.68. The van der Waals surface area contributed by atoms with E-state index in [2.05, 4.69) is 15.5 Å². The van der Waals surface area contributed by atoms with Gasteiger partial charge in [0, 0.05) is 9.13 Å². The van der Waals surface area contributed by atoms with Crippen LogP contribution in [0.5, 0.6) is 0 Å². The molecular weight excluding hydrogens is 406 g/mol. The smallest absolute Gasteiger partial charge is 0.303 e. The van der Waals surface area contributed by atoms with Gasteiger partial charge in [-0.3, -0.25) is 4.79 Å². The van der Waals surface area contributed by atoms with Crippen LogP contribution in [0.25, 0.3) is 0 Å².